The Morgan fingerprint density at radius 2 is 1.57 bits per heavy atom. The zero-order valence-electron chi connectivity index (χ0n) is 13.1. The summed E-state index contributed by atoms with van der Waals surface area (Å²) in [4.78, 5) is 4.43. The lowest BCUT2D eigenvalue weighted by Gasteiger charge is -2.29. The van der Waals surface area contributed by atoms with Crippen LogP contribution in [0.1, 0.15) is 23.9 Å². The summed E-state index contributed by atoms with van der Waals surface area (Å²) in [7, 11) is 0. The molecule has 1 aromatic heterocycles. The molecular weight excluding hydrogens is 288 g/mol. The van der Waals surface area contributed by atoms with Gasteiger partial charge < -0.3 is 14.4 Å². The van der Waals surface area contributed by atoms with Gasteiger partial charge in [0.1, 0.15) is 6.73 Å². The first-order valence-corrected chi connectivity index (χ1v) is 7.69. The van der Waals surface area contributed by atoms with E-state index in [1.54, 1.807) is 6.20 Å². The molecule has 0 aliphatic carbocycles. The van der Waals surface area contributed by atoms with Gasteiger partial charge >= 0.3 is 0 Å². The second-order valence-corrected chi connectivity index (χ2v) is 5.28. The predicted octanol–water partition coefficient (Wildman–Crippen LogP) is 3.16. The number of hydrogen-bond donors (Lipinski definition) is 1. The van der Waals surface area contributed by atoms with Gasteiger partial charge in [-0.3, -0.25) is 0 Å². The van der Waals surface area contributed by atoms with E-state index in [0.29, 0.717) is 19.2 Å². The van der Waals surface area contributed by atoms with E-state index in [1.807, 2.05) is 78.4 Å². The highest BCUT2D eigenvalue weighted by molar-refractivity contribution is 5.42. The molecule has 0 spiro atoms. The maximum atomic E-state index is 11.7. The average Bonchev–Trinajstić information content (AvgIpc) is 3.10. The third kappa shape index (κ3) is 2.91. The molecule has 3 rings (SSSR count). The van der Waals surface area contributed by atoms with Gasteiger partial charge in [0.15, 0.2) is 11.4 Å². The number of nitrogens with zero attached hydrogens (tertiary/aromatic N) is 2. The summed E-state index contributed by atoms with van der Waals surface area (Å²) >= 11 is 0. The highest BCUT2D eigenvalue weighted by Crippen LogP contribution is 2.35. The van der Waals surface area contributed by atoms with Gasteiger partial charge in [0.2, 0.25) is 0 Å². The lowest BCUT2D eigenvalue weighted by atomic mass is 9.85. The summed E-state index contributed by atoms with van der Waals surface area (Å²) in [6.07, 6.45) is 3.51. The number of imidazole rings is 1. The summed E-state index contributed by atoms with van der Waals surface area (Å²) in [6, 6.07) is 19.2. The second-order valence-electron chi connectivity index (χ2n) is 5.28. The first-order chi connectivity index (χ1) is 11.3. The van der Waals surface area contributed by atoms with Gasteiger partial charge in [-0.1, -0.05) is 60.7 Å². The zero-order valence-corrected chi connectivity index (χ0v) is 13.1. The molecule has 0 unspecified atom stereocenters. The summed E-state index contributed by atoms with van der Waals surface area (Å²) in [5.74, 6) is 0.545. The number of rotatable bonds is 6. The van der Waals surface area contributed by atoms with Gasteiger partial charge in [-0.15, -0.1) is 0 Å². The molecule has 3 aromatic rings. The largest absolute Gasteiger partial charge is 0.373 e. The van der Waals surface area contributed by atoms with Crippen molar-refractivity contribution in [2.24, 2.45) is 0 Å². The van der Waals surface area contributed by atoms with Crippen molar-refractivity contribution >= 4 is 0 Å². The quantitative estimate of drug-likeness (QED) is 0.761. The Hall–Kier alpha value is -2.43. The van der Waals surface area contributed by atoms with Crippen LogP contribution in [0.15, 0.2) is 73.1 Å². The third-order valence-electron chi connectivity index (χ3n) is 3.86. The van der Waals surface area contributed by atoms with E-state index in [0.717, 1.165) is 11.1 Å². The Bertz CT molecular complexity index is 699. The lowest BCUT2D eigenvalue weighted by molar-refractivity contribution is 0.0638. The van der Waals surface area contributed by atoms with Crippen LogP contribution in [-0.2, 0) is 17.1 Å². The average molecular weight is 308 g/mol. The molecule has 118 valence electrons. The third-order valence-corrected chi connectivity index (χ3v) is 3.86. The van der Waals surface area contributed by atoms with Crippen LogP contribution < -0.4 is 0 Å². The van der Waals surface area contributed by atoms with Crippen LogP contribution >= 0.6 is 0 Å². The Morgan fingerprint density at radius 1 is 1.00 bits per heavy atom. The SMILES string of the molecule is CCOCn1ccnc1C(O)(c1ccccc1)c1ccccc1. The molecule has 0 aliphatic rings. The van der Waals surface area contributed by atoms with E-state index in [-0.39, 0.29) is 0 Å². The minimum Gasteiger partial charge on any atom is -0.373 e. The van der Waals surface area contributed by atoms with E-state index in [4.69, 9.17) is 4.74 Å². The highest BCUT2D eigenvalue weighted by atomic mass is 16.5. The highest BCUT2D eigenvalue weighted by Gasteiger charge is 2.37. The summed E-state index contributed by atoms with van der Waals surface area (Å²) in [5.41, 5.74) is 0.216. The Labute approximate surface area is 136 Å². The first-order valence-electron chi connectivity index (χ1n) is 7.69. The molecule has 0 saturated heterocycles. The van der Waals surface area contributed by atoms with Crippen LogP contribution in [0.25, 0.3) is 0 Å². The minimum atomic E-state index is -1.33. The second kappa shape index (κ2) is 6.77. The number of aromatic nitrogens is 2. The van der Waals surface area contributed by atoms with E-state index < -0.39 is 5.60 Å². The van der Waals surface area contributed by atoms with Gasteiger partial charge in [-0.25, -0.2) is 4.98 Å². The van der Waals surface area contributed by atoms with Crippen molar-refractivity contribution < 1.29 is 9.84 Å². The Morgan fingerprint density at radius 3 is 2.09 bits per heavy atom. The smallest absolute Gasteiger partial charge is 0.173 e. The van der Waals surface area contributed by atoms with Crippen LogP contribution in [0.3, 0.4) is 0 Å². The molecule has 0 saturated carbocycles. The number of ether oxygens (including phenoxy) is 1. The van der Waals surface area contributed by atoms with Gasteiger partial charge in [0.25, 0.3) is 0 Å². The normalized spacial score (nSPS) is 11.6. The zero-order chi connectivity index (χ0) is 16.1. The molecule has 2 aromatic carbocycles. The van der Waals surface area contributed by atoms with Gasteiger partial charge in [0.05, 0.1) is 0 Å². The molecule has 0 atom stereocenters. The van der Waals surface area contributed by atoms with Gasteiger partial charge in [0, 0.05) is 19.0 Å². The molecule has 4 heteroatoms. The number of hydrogen-bond acceptors (Lipinski definition) is 3. The van der Waals surface area contributed by atoms with Crippen LogP contribution in [0.2, 0.25) is 0 Å². The van der Waals surface area contributed by atoms with E-state index in [9.17, 15) is 5.11 Å². The maximum absolute atomic E-state index is 11.7. The number of aliphatic hydroxyl groups is 1. The first kappa shape index (κ1) is 15.5. The molecule has 1 N–H and O–H groups in total. The molecule has 1 heterocycles. The van der Waals surface area contributed by atoms with Crippen molar-refractivity contribution in [1.29, 1.82) is 0 Å². The fraction of sp³-hybridized carbons (Fsp3) is 0.211. The van der Waals surface area contributed by atoms with Gasteiger partial charge in [-0.05, 0) is 18.1 Å². The minimum absolute atomic E-state index is 0.355. The fourth-order valence-corrected chi connectivity index (χ4v) is 2.71. The monoisotopic (exact) mass is 308 g/mol. The molecule has 0 aliphatic heterocycles. The molecule has 4 nitrogen and oxygen atoms in total. The van der Waals surface area contributed by atoms with Crippen LogP contribution in [0.4, 0.5) is 0 Å². The molecule has 0 amide bonds. The molecule has 0 fully saturated rings. The molecule has 23 heavy (non-hydrogen) atoms. The van der Waals surface area contributed by atoms with Crippen molar-refractivity contribution in [3.63, 3.8) is 0 Å². The van der Waals surface area contributed by atoms with E-state index in [1.165, 1.54) is 0 Å². The summed E-state index contributed by atoms with van der Waals surface area (Å²) in [6.45, 7) is 2.90. The van der Waals surface area contributed by atoms with Crippen molar-refractivity contribution in [2.45, 2.75) is 19.3 Å². The topological polar surface area (TPSA) is 47.3 Å². The lowest BCUT2D eigenvalue weighted by Crippen LogP contribution is -2.33. The van der Waals surface area contributed by atoms with Crippen molar-refractivity contribution in [3.05, 3.63) is 90.0 Å². The van der Waals surface area contributed by atoms with Crippen LogP contribution in [-0.4, -0.2) is 21.3 Å². The van der Waals surface area contributed by atoms with Crippen LogP contribution in [0.5, 0.6) is 0 Å². The fourth-order valence-electron chi connectivity index (χ4n) is 2.71. The van der Waals surface area contributed by atoms with Gasteiger partial charge in [-0.2, -0.15) is 0 Å². The predicted molar refractivity (Wildman–Crippen MR) is 88.8 cm³/mol. The van der Waals surface area contributed by atoms with Crippen molar-refractivity contribution in [2.75, 3.05) is 6.61 Å². The number of benzene rings is 2. The van der Waals surface area contributed by atoms with E-state index >= 15 is 0 Å². The Kier molecular flexibility index (Phi) is 4.55. The van der Waals surface area contributed by atoms with E-state index in [2.05, 4.69) is 4.98 Å². The molecular formula is C19H20N2O2. The summed E-state index contributed by atoms with van der Waals surface area (Å²) < 4.78 is 7.33. The van der Waals surface area contributed by atoms with Crippen molar-refractivity contribution in [1.82, 2.24) is 9.55 Å². The molecule has 0 bridgehead atoms. The standard InChI is InChI=1S/C19H20N2O2/c1-2-23-15-21-14-13-20-18(21)19(22,16-9-5-3-6-10-16)17-11-7-4-8-12-17/h3-14,22H,2,15H2,1H3. The Balaban J connectivity index is 2.16. The van der Waals surface area contributed by atoms with Crippen molar-refractivity contribution in [3.8, 4) is 0 Å². The molecule has 0 radical (unpaired) electrons. The summed E-state index contributed by atoms with van der Waals surface area (Å²) in [5, 5.41) is 11.7. The maximum Gasteiger partial charge on any atom is 0.173 e. The van der Waals surface area contributed by atoms with Crippen LogP contribution in [0, 0.1) is 0 Å².